The monoisotopic (exact) mass is 138 g/mol. The van der Waals surface area contributed by atoms with Crippen molar-refractivity contribution >= 4 is 5.91 Å². The molecule has 0 bridgehead atoms. The highest BCUT2D eigenvalue weighted by atomic mass is 16.3. The second-order valence-electron chi connectivity index (χ2n) is 1.93. The van der Waals surface area contributed by atoms with Crippen LogP contribution in [0.4, 0.5) is 0 Å². The molecule has 0 saturated heterocycles. The van der Waals surface area contributed by atoms with Crippen LogP contribution in [0.25, 0.3) is 0 Å². The zero-order valence-electron chi connectivity index (χ0n) is 5.68. The maximum absolute atomic E-state index is 10.4. The Labute approximate surface area is 59.0 Å². The number of rotatable bonds is 2. The van der Waals surface area contributed by atoms with E-state index in [1.807, 2.05) is 0 Å². The van der Waals surface area contributed by atoms with Crippen molar-refractivity contribution in [2.24, 2.45) is 0 Å². The van der Waals surface area contributed by atoms with E-state index in [0.29, 0.717) is 6.54 Å². The fourth-order valence-electron chi connectivity index (χ4n) is 0.577. The molecule has 0 aliphatic heterocycles. The fourth-order valence-corrected chi connectivity index (χ4v) is 0.577. The summed E-state index contributed by atoms with van der Waals surface area (Å²) in [5.74, 6) is 0.659. The summed E-state index contributed by atoms with van der Waals surface area (Å²) in [6.07, 6.45) is 2.53. The van der Waals surface area contributed by atoms with Crippen molar-refractivity contribution in [3.63, 3.8) is 0 Å². The van der Waals surface area contributed by atoms with Crippen molar-refractivity contribution in [3.05, 3.63) is 24.2 Å². The molecule has 0 fully saturated rings. The lowest BCUT2D eigenvalue weighted by Gasteiger charge is -1.95. The van der Waals surface area contributed by atoms with E-state index < -0.39 is 0 Å². The van der Waals surface area contributed by atoms with Crippen LogP contribution in [0.1, 0.15) is 12.7 Å². The van der Waals surface area contributed by atoms with Crippen LogP contribution in [-0.4, -0.2) is 5.91 Å². The summed E-state index contributed by atoms with van der Waals surface area (Å²) in [5, 5.41) is 2.60. The first kappa shape index (κ1) is 6.86. The van der Waals surface area contributed by atoms with Crippen molar-refractivity contribution in [1.82, 2.24) is 5.32 Å². The molecule has 1 rings (SSSR count). The molecule has 10 heavy (non-hydrogen) atoms. The van der Waals surface area contributed by atoms with Crippen molar-refractivity contribution in [1.29, 1.82) is 0 Å². The van der Waals surface area contributed by atoms with E-state index in [-0.39, 0.29) is 5.91 Å². The van der Waals surface area contributed by atoms with Gasteiger partial charge in [0.15, 0.2) is 6.26 Å². The van der Waals surface area contributed by atoms with Crippen LogP contribution in [0.2, 0.25) is 0 Å². The van der Waals surface area contributed by atoms with Gasteiger partial charge in [0.25, 0.3) is 0 Å². The van der Waals surface area contributed by atoms with E-state index in [2.05, 4.69) is 11.6 Å². The number of carbonyl (C=O) groups is 1. The maximum atomic E-state index is 10.4. The molecule has 53 valence electrons. The Hall–Kier alpha value is -1.25. The van der Waals surface area contributed by atoms with Crippen LogP contribution in [0.5, 0.6) is 0 Å². The van der Waals surface area contributed by atoms with E-state index in [0.717, 1.165) is 5.76 Å². The molecule has 0 atom stereocenters. The average molecular weight is 138 g/mol. The molecular weight excluding hydrogens is 130 g/mol. The normalized spacial score (nSPS) is 9.30. The van der Waals surface area contributed by atoms with Gasteiger partial charge in [0.1, 0.15) is 5.76 Å². The third-order valence-corrected chi connectivity index (χ3v) is 1.04. The third kappa shape index (κ3) is 1.93. The molecule has 0 aliphatic rings. The van der Waals surface area contributed by atoms with Crippen molar-refractivity contribution < 1.29 is 9.21 Å². The van der Waals surface area contributed by atoms with Crippen molar-refractivity contribution in [2.75, 3.05) is 0 Å². The van der Waals surface area contributed by atoms with Gasteiger partial charge in [-0.05, 0) is 12.1 Å². The minimum Gasteiger partial charge on any atom is -0.456 e. The van der Waals surface area contributed by atoms with E-state index >= 15 is 0 Å². The average Bonchev–Trinajstić information content (AvgIpc) is 2.34. The Bertz CT molecular complexity index is 203. The first-order valence-corrected chi connectivity index (χ1v) is 2.98. The summed E-state index contributed by atoms with van der Waals surface area (Å²) in [5.41, 5.74) is 0. The van der Waals surface area contributed by atoms with Gasteiger partial charge >= 0.3 is 0 Å². The number of carbonyl (C=O) groups excluding carboxylic acids is 1. The highest BCUT2D eigenvalue weighted by Gasteiger charge is 1.94. The minimum absolute atomic E-state index is 0.0589. The number of nitrogens with one attached hydrogen (secondary N) is 1. The van der Waals surface area contributed by atoms with Gasteiger partial charge in [0.2, 0.25) is 5.91 Å². The van der Waals surface area contributed by atoms with Gasteiger partial charge in [-0.1, -0.05) is 0 Å². The van der Waals surface area contributed by atoms with Gasteiger partial charge in [0.05, 0.1) is 6.54 Å². The van der Waals surface area contributed by atoms with Crippen LogP contribution in [-0.2, 0) is 11.3 Å². The van der Waals surface area contributed by atoms with E-state index in [9.17, 15) is 4.79 Å². The molecule has 1 N–H and O–H groups in total. The Morgan fingerprint density at radius 2 is 2.70 bits per heavy atom. The molecule has 0 saturated carbocycles. The minimum atomic E-state index is -0.0589. The lowest BCUT2D eigenvalue weighted by atomic mass is 10.4. The third-order valence-electron chi connectivity index (χ3n) is 1.04. The topological polar surface area (TPSA) is 42.2 Å². The van der Waals surface area contributed by atoms with Gasteiger partial charge in [0, 0.05) is 6.92 Å². The molecule has 0 spiro atoms. The summed E-state index contributed by atoms with van der Waals surface area (Å²) in [6, 6.07) is 3.42. The summed E-state index contributed by atoms with van der Waals surface area (Å²) >= 11 is 0. The summed E-state index contributed by atoms with van der Waals surface area (Å²) in [4.78, 5) is 10.4. The van der Waals surface area contributed by atoms with Gasteiger partial charge in [-0.25, -0.2) is 0 Å². The molecule has 0 aromatic carbocycles. The predicted molar refractivity (Wildman–Crippen MR) is 35.1 cm³/mol. The number of furan rings is 1. The first-order valence-electron chi connectivity index (χ1n) is 2.98. The molecule has 1 aromatic heterocycles. The van der Waals surface area contributed by atoms with Crippen LogP contribution >= 0.6 is 0 Å². The van der Waals surface area contributed by atoms with E-state index in [1.54, 1.807) is 12.1 Å². The molecule has 3 nitrogen and oxygen atoms in total. The lowest BCUT2D eigenvalue weighted by Crippen LogP contribution is -2.18. The van der Waals surface area contributed by atoms with Gasteiger partial charge in [-0.15, -0.1) is 0 Å². The summed E-state index contributed by atoms with van der Waals surface area (Å²) < 4.78 is 4.84. The Morgan fingerprint density at radius 3 is 3.20 bits per heavy atom. The fraction of sp³-hybridized carbons (Fsp3) is 0.286. The number of amides is 1. The molecule has 1 aromatic rings. The molecule has 3 heteroatoms. The second-order valence-corrected chi connectivity index (χ2v) is 1.93. The Kier molecular flexibility index (Phi) is 2.10. The molecule has 1 heterocycles. The highest BCUT2D eigenvalue weighted by Crippen LogP contribution is 1.96. The van der Waals surface area contributed by atoms with E-state index in [4.69, 9.17) is 4.42 Å². The smallest absolute Gasteiger partial charge is 0.217 e. The molecule has 0 aliphatic carbocycles. The summed E-state index contributed by atoms with van der Waals surface area (Å²) in [6.45, 7) is 1.91. The van der Waals surface area contributed by atoms with Crippen molar-refractivity contribution in [2.45, 2.75) is 13.5 Å². The zero-order valence-corrected chi connectivity index (χ0v) is 5.68. The highest BCUT2D eigenvalue weighted by molar-refractivity contribution is 5.72. The van der Waals surface area contributed by atoms with Gasteiger partial charge in [-0.2, -0.15) is 0 Å². The predicted octanol–water partition coefficient (Wildman–Crippen LogP) is 0.716. The van der Waals surface area contributed by atoms with Crippen LogP contribution in [0, 0.1) is 6.26 Å². The molecular formula is C7H8NO2. The standard InChI is InChI=1S/C7H8NO2/c1-6(9)8-5-7-3-2-4-10-7/h2-3H,5H2,1H3,(H,8,9). The maximum Gasteiger partial charge on any atom is 0.217 e. The van der Waals surface area contributed by atoms with Crippen LogP contribution < -0.4 is 5.32 Å². The summed E-state index contributed by atoms with van der Waals surface area (Å²) in [7, 11) is 0. The Morgan fingerprint density at radius 1 is 1.90 bits per heavy atom. The Balaban J connectivity index is 2.35. The molecule has 0 unspecified atom stereocenters. The quantitative estimate of drug-likeness (QED) is 0.654. The van der Waals surface area contributed by atoms with E-state index in [1.165, 1.54) is 6.92 Å². The first-order chi connectivity index (χ1) is 4.79. The van der Waals surface area contributed by atoms with Crippen LogP contribution in [0.3, 0.4) is 0 Å². The van der Waals surface area contributed by atoms with Crippen LogP contribution in [0.15, 0.2) is 16.5 Å². The molecule has 1 amide bonds. The van der Waals surface area contributed by atoms with Gasteiger partial charge < -0.3 is 9.73 Å². The lowest BCUT2D eigenvalue weighted by molar-refractivity contribution is -0.119. The largest absolute Gasteiger partial charge is 0.456 e. The SMILES string of the molecule is CC(=O)NCc1cc[c]o1. The molecule has 1 radical (unpaired) electrons. The van der Waals surface area contributed by atoms with Crippen molar-refractivity contribution in [3.8, 4) is 0 Å². The number of hydrogen-bond acceptors (Lipinski definition) is 2. The second kappa shape index (κ2) is 3.06. The zero-order chi connectivity index (χ0) is 7.40. The number of hydrogen-bond donors (Lipinski definition) is 1. The van der Waals surface area contributed by atoms with Gasteiger partial charge in [-0.3, -0.25) is 4.79 Å².